The van der Waals surface area contributed by atoms with Gasteiger partial charge in [0.1, 0.15) is 5.82 Å². The molecule has 0 bridgehead atoms. The van der Waals surface area contributed by atoms with Crippen molar-refractivity contribution in [2.45, 2.75) is 19.8 Å². The number of esters is 1. The highest BCUT2D eigenvalue weighted by molar-refractivity contribution is 5.99. The molecule has 0 radical (unpaired) electrons. The lowest BCUT2D eigenvalue weighted by Crippen LogP contribution is -2.24. The average molecular weight is 387 g/mol. The molecule has 0 spiro atoms. The smallest absolute Gasteiger partial charge is 0.341 e. The van der Waals surface area contributed by atoms with Crippen molar-refractivity contribution in [1.82, 2.24) is 9.78 Å². The van der Waals surface area contributed by atoms with Crippen LogP contribution in [-0.2, 0) is 16.6 Å². The number of carbonyl (C=O) groups excluding carboxylic acids is 2. The molecule has 1 aromatic heterocycles. The summed E-state index contributed by atoms with van der Waals surface area (Å²) in [6, 6.07) is 5.80. The van der Waals surface area contributed by atoms with Gasteiger partial charge in [-0.1, -0.05) is 0 Å². The number of nitro benzene ring substituents is 1. The van der Waals surface area contributed by atoms with Crippen LogP contribution in [0.25, 0.3) is 0 Å². The molecule has 0 saturated carbocycles. The number of nitrogens with zero attached hydrogens (tertiary/aromatic N) is 4. The van der Waals surface area contributed by atoms with Gasteiger partial charge in [0.25, 0.3) is 11.6 Å². The molecule has 148 valence electrons. The maximum absolute atomic E-state index is 12.6. The van der Waals surface area contributed by atoms with E-state index in [1.54, 1.807) is 26.1 Å². The van der Waals surface area contributed by atoms with Crippen LogP contribution in [0.15, 0.2) is 24.3 Å². The van der Waals surface area contributed by atoms with Crippen LogP contribution in [0, 0.1) is 17.0 Å². The van der Waals surface area contributed by atoms with E-state index in [2.05, 4.69) is 10.4 Å². The van der Waals surface area contributed by atoms with E-state index in [1.807, 2.05) is 4.90 Å². The summed E-state index contributed by atoms with van der Waals surface area (Å²) in [7, 11) is 1.68. The summed E-state index contributed by atoms with van der Waals surface area (Å²) in [5.74, 6) is -0.821. The van der Waals surface area contributed by atoms with Gasteiger partial charge < -0.3 is 15.0 Å². The Hall–Kier alpha value is -3.43. The summed E-state index contributed by atoms with van der Waals surface area (Å²) in [6.07, 6.45) is 1.97. The van der Waals surface area contributed by atoms with Gasteiger partial charge in [0.15, 0.2) is 6.61 Å². The quantitative estimate of drug-likeness (QED) is 0.457. The van der Waals surface area contributed by atoms with Crippen molar-refractivity contribution in [2.75, 3.05) is 29.9 Å². The van der Waals surface area contributed by atoms with E-state index in [4.69, 9.17) is 4.74 Å². The highest BCUT2D eigenvalue weighted by Crippen LogP contribution is 2.29. The first-order valence-corrected chi connectivity index (χ1v) is 8.86. The average Bonchev–Trinajstić information content (AvgIpc) is 3.29. The van der Waals surface area contributed by atoms with Gasteiger partial charge in [0.05, 0.1) is 21.9 Å². The maximum atomic E-state index is 12.6. The van der Waals surface area contributed by atoms with Gasteiger partial charge >= 0.3 is 5.97 Å². The zero-order chi connectivity index (χ0) is 20.3. The number of aromatic nitrogens is 2. The number of ether oxygens (including phenoxy) is 1. The minimum absolute atomic E-state index is 0.0836. The number of hydrogen-bond acceptors (Lipinski definition) is 7. The second-order valence-corrected chi connectivity index (χ2v) is 6.57. The van der Waals surface area contributed by atoms with Gasteiger partial charge in [-0.2, -0.15) is 5.10 Å². The lowest BCUT2D eigenvalue weighted by Gasteiger charge is -2.20. The van der Waals surface area contributed by atoms with E-state index >= 15 is 0 Å². The number of amides is 1. The Morgan fingerprint density at radius 3 is 2.61 bits per heavy atom. The molecule has 10 heteroatoms. The fraction of sp³-hybridized carbons (Fsp3) is 0.389. The zero-order valence-electron chi connectivity index (χ0n) is 15.7. The van der Waals surface area contributed by atoms with Gasteiger partial charge in [0, 0.05) is 38.3 Å². The second-order valence-electron chi connectivity index (χ2n) is 6.57. The van der Waals surface area contributed by atoms with E-state index in [-0.39, 0.29) is 11.3 Å². The van der Waals surface area contributed by atoms with Crippen molar-refractivity contribution in [3.8, 4) is 0 Å². The number of carbonyl (C=O) groups is 2. The molecule has 2 heterocycles. The van der Waals surface area contributed by atoms with Crippen molar-refractivity contribution in [3.63, 3.8) is 0 Å². The number of non-ortho nitro benzene ring substituents is 1. The van der Waals surface area contributed by atoms with Crippen molar-refractivity contribution in [1.29, 1.82) is 0 Å². The largest absolute Gasteiger partial charge is 0.452 e. The van der Waals surface area contributed by atoms with Crippen molar-refractivity contribution < 1.29 is 19.2 Å². The van der Waals surface area contributed by atoms with Crippen molar-refractivity contribution in [3.05, 3.63) is 45.6 Å². The molecule has 1 aliphatic heterocycles. The minimum atomic E-state index is -0.776. The van der Waals surface area contributed by atoms with Gasteiger partial charge in [-0.15, -0.1) is 0 Å². The molecule has 10 nitrogen and oxygen atoms in total. The third-order valence-corrected chi connectivity index (χ3v) is 4.46. The van der Waals surface area contributed by atoms with E-state index in [1.165, 1.54) is 16.8 Å². The van der Waals surface area contributed by atoms with Gasteiger partial charge in [0.2, 0.25) is 0 Å². The topological polar surface area (TPSA) is 120 Å². The molecule has 0 atom stereocenters. The Kier molecular flexibility index (Phi) is 5.57. The van der Waals surface area contributed by atoms with Crippen LogP contribution in [0.1, 0.15) is 28.9 Å². The predicted octanol–water partition coefficient (Wildman–Crippen LogP) is 2.03. The number of nitro groups is 1. The van der Waals surface area contributed by atoms with E-state index < -0.39 is 23.4 Å². The summed E-state index contributed by atoms with van der Waals surface area (Å²) in [5, 5.41) is 17.8. The number of benzene rings is 1. The molecule has 1 N–H and O–H groups in total. The summed E-state index contributed by atoms with van der Waals surface area (Å²) in [5.41, 5.74) is 1.20. The van der Waals surface area contributed by atoms with Gasteiger partial charge in [-0.3, -0.25) is 19.6 Å². The Morgan fingerprint density at radius 1 is 1.29 bits per heavy atom. The first-order valence-electron chi connectivity index (χ1n) is 8.86. The number of rotatable bonds is 6. The minimum Gasteiger partial charge on any atom is -0.452 e. The normalized spacial score (nSPS) is 13.4. The monoisotopic (exact) mass is 387 g/mol. The standard InChI is InChI=1S/C18H21N5O5/c1-12-9-16(21(2)20-12)19-17(24)11-28-18(25)14-10-13(23(26)27)5-6-15(14)22-7-3-4-8-22/h5-6,9-10H,3-4,7-8,11H2,1-2H3,(H,19,24). The van der Waals surface area contributed by atoms with Crippen LogP contribution in [-0.4, -0.2) is 46.3 Å². The lowest BCUT2D eigenvalue weighted by atomic mass is 10.1. The number of hydrogen-bond donors (Lipinski definition) is 1. The highest BCUT2D eigenvalue weighted by Gasteiger charge is 2.24. The zero-order valence-corrected chi connectivity index (χ0v) is 15.7. The number of nitrogens with one attached hydrogen (secondary N) is 1. The van der Waals surface area contributed by atoms with Crippen LogP contribution < -0.4 is 10.2 Å². The van der Waals surface area contributed by atoms with Crippen LogP contribution >= 0.6 is 0 Å². The van der Waals surface area contributed by atoms with E-state index in [9.17, 15) is 19.7 Å². The molecule has 28 heavy (non-hydrogen) atoms. The summed E-state index contributed by atoms with van der Waals surface area (Å²) >= 11 is 0. The molecule has 3 rings (SSSR count). The third-order valence-electron chi connectivity index (χ3n) is 4.46. The summed E-state index contributed by atoms with van der Waals surface area (Å²) in [6.45, 7) is 2.81. The Morgan fingerprint density at radius 2 is 2.00 bits per heavy atom. The lowest BCUT2D eigenvalue weighted by molar-refractivity contribution is -0.384. The first-order chi connectivity index (χ1) is 13.3. The third kappa shape index (κ3) is 4.27. The summed E-state index contributed by atoms with van der Waals surface area (Å²) in [4.78, 5) is 37.1. The van der Waals surface area contributed by atoms with Crippen LogP contribution in [0.4, 0.5) is 17.2 Å². The predicted molar refractivity (Wildman–Crippen MR) is 101 cm³/mol. The second kappa shape index (κ2) is 8.07. The number of aryl methyl sites for hydroxylation is 2. The first kappa shape index (κ1) is 19.3. The van der Waals surface area contributed by atoms with Gasteiger partial charge in [-0.05, 0) is 25.8 Å². The maximum Gasteiger partial charge on any atom is 0.341 e. The Labute approximate surface area is 161 Å². The van der Waals surface area contributed by atoms with Gasteiger partial charge in [-0.25, -0.2) is 4.79 Å². The molecule has 0 aliphatic carbocycles. The molecule has 1 amide bonds. The Balaban J connectivity index is 1.71. The van der Waals surface area contributed by atoms with Crippen LogP contribution in [0.5, 0.6) is 0 Å². The molecule has 1 aliphatic rings. The van der Waals surface area contributed by atoms with Crippen molar-refractivity contribution >= 4 is 29.1 Å². The summed E-state index contributed by atoms with van der Waals surface area (Å²) < 4.78 is 6.61. The molecule has 1 fully saturated rings. The van der Waals surface area contributed by atoms with Crippen LogP contribution in [0.2, 0.25) is 0 Å². The Bertz CT molecular complexity index is 917. The van der Waals surface area contributed by atoms with Crippen molar-refractivity contribution in [2.24, 2.45) is 7.05 Å². The number of anilines is 2. The molecule has 1 aromatic carbocycles. The molecule has 1 saturated heterocycles. The molecule has 2 aromatic rings. The highest BCUT2D eigenvalue weighted by atomic mass is 16.6. The fourth-order valence-corrected chi connectivity index (χ4v) is 3.15. The van der Waals surface area contributed by atoms with Crippen LogP contribution in [0.3, 0.4) is 0 Å². The SMILES string of the molecule is Cc1cc(NC(=O)COC(=O)c2cc([N+](=O)[O-])ccc2N2CCCC2)n(C)n1. The molecular weight excluding hydrogens is 366 g/mol. The molecular formula is C18H21N5O5. The molecule has 0 unspecified atom stereocenters. The fourth-order valence-electron chi connectivity index (χ4n) is 3.15. The van der Waals surface area contributed by atoms with E-state index in [0.29, 0.717) is 11.5 Å². The van der Waals surface area contributed by atoms with E-state index in [0.717, 1.165) is 31.6 Å².